The number of amides is 1. The van der Waals surface area contributed by atoms with Crippen LogP contribution in [0.15, 0.2) is 59.1 Å². The van der Waals surface area contributed by atoms with Gasteiger partial charge in [-0.05, 0) is 37.1 Å². The number of aromatic nitrogens is 1. The van der Waals surface area contributed by atoms with Crippen LogP contribution in [-0.4, -0.2) is 42.1 Å². The largest absolute Gasteiger partial charge is 0.361 e. The minimum atomic E-state index is -0.305. The van der Waals surface area contributed by atoms with Crippen molar-refractivity contribution in [3.05, 3.63) is 71.6 Å². The lowest BCUT2D eigenvalue weighted by atomic mass is 10.0. The van der Waals surface area contributed by atoms with Gasteiger partial charge < -0.3 is 15.2 Å². The van der Waals surface area contributed by atoms with Gasteiger partial charge in [0.1, 0.15) is 11.8 Å². The third kappa shape index (κ3) is 4.23. The van der Waals surface area contributed by atoms with Crippen molar-refractivity contribution in [2.75, 3.05) is 31.5 Å². The molecule has 2 N–H and O–H groups in total. The average molecular weight is 390 g/mol. The summed E-state index contributed by atoms with van der Waals surface area (Å²) in [5, 5.41) is 10.5. The number of rotatable bonds is 5. The number of nitrogens with zero attached hydrogens (tertiary/aromatic N) is 2. The minimum absolute atomic E-state index is 0.0109. The van der Waals surface area contributed by atoms with E-state index in [0.717, 1.165) is 60.0 Å². The molecule has 1 aromatic heterocycles. The summed E-state index contributed by atoms with van der Waals surface area (Å²) >= 11 is 0. The number of anilines is 1. The maximum absolute atomic E-state index is 13.2. The fraction of sp³-hybridized carbons (Fsp3) is 0.304. The van der Waals surface area contributed by atoms with Crippen molar-refractivity contribution < 1.29 is 9.32 Å². The summed E-state index contributed by atoms with van der Waals surface area (Å²) in [5.74, 6) is 0.783. The fourth-order valence-corrected chi connectivity index (χ4v) is 3.93. The standard InChI is InChI=1S/C23H26N4O2/c1-16-21(17(2)29-26-16)18-8-10-20(11-9-18)25-23(28)22(19-6-4-3-5-7-19)27-14-12-24-13-15-27/h3-11,22,24H,12-15H2,1-2H3,(H,25,28). The Kier molecular flexibility index (Phi) is 5.74. The zero-order chi connectivity index (χ0) is 20.2. The van der Waals surface area contributed by atoms with E-state index < -0.39 is 0 Å². The molecule has 2 heterocycles. The summed E-state index contributed by atoms with van der Waals surface area (Å²) < 4.78 is 5.26. The number of aryl methyl sites for hydroxylation is 2. The lowest BCUT2D eigenvalue weighted by Crippen LogP contribution is -2.48. The molecule has 29 heavy (non-hydrogen) atoms. The first-order valence-electron chi connectivity index (χ1n) is 9.97. The molecule has 1 aliphatic heterocycles. The van der Waals surface area contributed by atoms with Crippen LogP contribution in [0.1, 0.15) is 23.1 Å². The van der Waals surface area contributed by atoms with Gasteiger partial charge in [0, 0.05) is 37.4 Å². The third-order valence-corrected chi connectivity index (χ3v) is 5.35. The molecule has 0 spiro atoms. The van der Waals surface area contributed by atoms with E-state index in [2.05, 4.69) is 20.7 Å². The van der Waals surface area contributed by atoms with Crippen molar-refractivity contribution in [2.24, 2.45) is 0 Å². The Balaban J connectivity index is 1.54. The minimum Gasteiger partial charge on any atom is -0.361 e. The molecule has 1 fully saturated rings. The average Bonchev–Trinajstić information content (AvgIpc) is 3.08. The van der Waals surface area contributed by atoms with Crippen LogP contribution in [0.3, 0.4) is 0 Å². The number of carbonyl (C=O) groups is 1. The van der Waals surface area contributed by atoms with E-state index in [4.69, 9.17) is 4.52 Å². The molecule has 0 bridgehead atoms. The third-order valence-electron chi connectivity index (χ3n) is 5.35. The molecule has 6 heteroatoms. The Morgan fingerprint density at radius 2 is 1.76 bits per heavy atom. The molecule has 0 saturated carbocycles. The van der Waals surface area contributed by atoms with Crippen molar-refractivity contribution in [1.29, 1.82) is 0 Å². The molecule has 0 aliphatic carbocycles. The molecule has 1 saturated heterocycles. The molecule has 3 aromatic rings. The van der Waals surface area contributed by atoms with Gasteiger partial charge in [0.15, 0.2) is 0 Å². The second-order valence-corrected chi connectivity index (χ2v) is 7.36. The molecule has 4 rings (SSSR count). The fourth-order valence-electron chi connectivity index (χ4n) is 3.93. The first-order chi connectivity index (χ1) is 14.1. The monoisotopic (exact) mass is 390 g/mol. The highest BCUT2D eigenvalue weighted by molar-refractivity contribution is 5.95. The number of hydrogen-bond donors (Lipinski definition) is 2. The maximum Gasteiger partial charge on any atom is 0.246 e. The molecular formula is C23H26N4O2. The molecule has 150 valence electrons. The highest BCUT2D eigenvalue weighted by Gasteiger charge is 2.28. The molecule has 0 radical (unpaired) electrons. The number of carbonyl (C=O) groups excluding carboxylic acids is 1. The number of piperazine rings is 1. The molecule has 2 aromatic carbocycles. The first-order valence-corrected chi connectivity index (χ1v) is 9.97. The molecule has 1 aliphatic rings. The Labute approximate surface area is 170 Å². The van der Waals surface area contributed by atoms with Crippen LogP contribution < -0.4 is 10.6 Å². The number of nitrogens with one attached hydrogen (secondary N) is 2. The van der Waals surface area contributed by atoms with E-state index in [-0.39, 0.29) is 11.9 Å². The Bertz CT molecular complexity index is 941. The van der Waals surface area contributed by atoms with Crippen LogP contribution in [0.5, 0.6) is 0 Å². The lowest BCUT2D eigenvalue weighted by molar-refractivity contribution is -0.121. The summed E-state index contributed by atoms with van der Waals surface area (Å²) in [6.45, 7) is 7.31. The predicted octanol–water partition coefficient (Wildman–Crippen LogP) is 3.54. The van der Waals surface area contributed by atoms with Crippen molar-refractivity contribution in [1.82, 2.24) is 15.4 Å². The topological polar surface area (TPSA) is 70.4 Å². The van der Waals surface area contributed by atoms with E-state index in [1.807, 2.05) is 68.4 Å². The Morgan fingerprint density at radius 1 is 1.07 bits per heavy atom. The van der Waals surface area contributed by atoms with Crippen molar-refractivity contribution in [2.45, 2.75) is 19.9 Å². The summed E-state index contributed by atoms with van der Waals surface area (Å²) in [6, 6.07) is 17.5. The van der Waals surface area contributed by atoms with Crippen LogP contribution >= 0.6 is 0 Å². The van der Waals surface area contributed by atoms with Gasteiger partial charge in [-0.15, -0.1) is 0 Å². The molecule has 1 amide bonds. The summed E-state index contributed by atoms with van der Waals surface area (Å²) in [6.07, 6.45) is 0. The summed E-state index contributed by atoms with van der Waals surface area (Å²) in [4.78, 5) is 15.5. The SMILES string of the molecule is Cc1noc(C)c1-c1ccc(NC(=O)C(c2ccccc2)N2CCNCC2)cc1. The molecule has 1 atom stereocenters. The van der Waals surface area contributed by atoms with Gasteiger partial charge in [-0.25, -0.2) is 0 Å². The van der Waals surface area contributed by atoms with Crippen LogP contribution in [-0.2, 0) is 4.79 Å². The molecule has 1 unspecified atom stereocenters. The lowest BCUT2D eigenvalue weighted by Gasteiger charge is -2.34. The van der Waals surface area contributed by atoms with Gasteiger partial charge in [0.25, 0.3) is 0 Å². The predicted molar refractivity (Wildman–Crippen MR) is 114 cm³/mol. The van der Waals surface area contributed by atoms with E-state index >= 15 is 0 Å². The zero-order valence-corrected chi connectivity index (χ0v) is 16.8. The second kappa shape index (κ2) is 8.59. The summed E-state index contributed by atoms with van der Waals surface area (Å²) in [5.41, 5.74) is 4.69. The van der Waals surface area contributed by atoms with Gasteiger partial charge in [0.2, 0.25) is 5.91 Å². The Morgan fingerprint density at radius 3 is 2.38 bits per heavy atom. The van der Waals surface area contributed by atoms with E-state index in [9.17, 15) is 4.79 Å². The molecule has 6 nitrogen and oxygen atoms in total. The second-order valence-electron chi connectivity index (χ2n) is 7.36. The molecular weight excluding hydrogens is 364 g/mol. The normalized spacial score (nSPS) is 15.8. The summed E-state index contributed by atoms with van der Waals surface area (Å²) in [7, 11) is 0. The number of hydrogen-bond acceptors (Lipinski definition) is 5. The quantitative estimate of drug-likeness (QED) is 0.697. The van der Waals surface area contributed by atoms with Crippen LogP contribution in [0.4, 0.5) is 5.69 Å². The van der Waals surface area contributed by atoms with Crippen molar-refractivity contribution >= 4 is 11.6 Å². The maximum atomic E-state index is 13.2. The Hall–Kier alpha value is -2.96. The van der Waals surface area contributed by atoms with Crippen LogP contribution in [0.2, 0.25) is 0 Å². The van der Waals surface area contributed by atoms with Gasteiger partial charge in [0.05, 0.1) is 5.69 Å². The van der Waals surface area contributed by atoms with Gasteiger partial charge in [-0.2, -0.15) is 0 Å². The van der Waals surface area contributed by atoms with Crippen molar-refractivity contribution in [3.8, 4) is 11.1 Å². The first kappa shape index (κ1) is 19.4. The van der Waals surface area contributed by atoms with E-state index in [0.29, 0.717) is 0 Å². The van der Waals surface area contributed by atoms with Gasteiger partial charge in [-0.1, -0.05) is 47.6 Å². The number of benzene rings is 2. The van der Waals surface area contributed by atoms with Gasteiger partial charge in [-0.3, -0.25) is 9.69 Å². The van der Waals surface area contributed by atoms with Crippen molar-refractivity contribution in [3.63, 3.8) is 0 Å². The van der Waals surface area contributed by atoms with E-state index in [1.165, 1.54) is 0 Å². The van der Waals surface area contributed by atoms with Gasteiger partial charge >= 0.3 is 0 Å². The van der Waals surface area contributed by atoms with E-state index in [1.54, 1.807) is 0 Å². The zero-order valence-electron chi connectivity index (χ0n) is 16.8. The smallest absolute Gasteiger partial charge is 0.246 e. The van der Waals surface area contributed by atoms with Crippen LogP contribution in [0, 0.1) is 13.8 Å². The van der Waals surface area contributed by atoms with Crippen LogP contribution in [0.25, 0.3) is 11.1 Å². The highest BCUT2D eigenvalue weighted by atomic mass is 16.5. The highest BCUT2D eigenvalue weighted by Crippen LogP contribution is 2.28.